The number of aromatic nitrogens is 2. The number of hydrogen-bond donors (Lipinski definition) is 2. The highest BCUT2D eigenvalue weighted by Crippen LogP contribution is 2.22. The Labute approximate surface area is 162 Å². The van der Waals surface area contributed by atoms with Gasteiger partial charge in [0, 0.05) is 42.8 Å². The Hall–Kier alpha value is -1.89. The van der Waals surface area contributed by atoms with Crippen molar-refractivity contribution in [1.82, 2.24) is 20.4 Å². The molecule has 2 heterocycles. The number of amides is 1. The quantitative estimate of drug-likeness (QED) is 0.815. The Morgan fingerprint density at radius 1 is 1.15 bits per heavy atom. The van der Waals surface area contributed by atoms with E-state index < -0.39 is 0 Å². The van der Waals surface area contributed by atoms with Crippen LogP contribution < -0.4 is 10.6 Å². The number of rotatable bonds is 5. The van der Waals surface area contributed by atoms with Crippen molar-refractivity contribution in [2.45, 2.75) is 25.4 Å². The Kier molecular flexibility index (Phi) is 6.29. The maximum absolute atomic E-state index is 11.5. The van der Waals surface area contributed by atoms with Crippen molar-refractivity contribution in [3.05, 3.63) is 51.6 Å². The van der Waals surface area contributed by atoms with E-state index in [1.807, 2.05) is 12.1 Å². The molecule has 1 saturated heterocycles. The lowest BCUT2D eigenvalue weighted by molar-refractivity contribution is 0.0957. The van der Waals surface area contributed by atoms with E-state index >= 15 is 0 Å². The third-order valence-corrected chi connectivity index (χ3v) is 4.83. The van der Waals surface area contributed by atoms with Crippen LogP contribution in [0.25, 0.3) is 0 Å². The number of halogens is 2. The second kappa shape index (κ2) is 8.66. The van der Waals surface area contributed by atoms with Crippen molar-refractivity contribution >= 4 is 34.9 Å². The topological polar surface area (TPSA) is 70.2 Å². The second-order valence-corrected chi connectivity index (χ2v) is 7.23. The van der Waals surface area contributed by atoms with E-state index in [2.05, 4.69) is 25.7 Å². The summed E-state index contributed by atoms with van der Waals surface area (Å²) in [5, 5.41) is 15.3. The van der Waals surface area contributed by atoms with Gasteiger partial charge >= 0.3 is 0 Å². The fraction of sp³-hybridized carbons (Fsp3) is 0.389. The molecule has 26 heavy (non-hydrogen) atoms. The molecule has 1 aliphatic rings. The van der Waals surface area contributed by atoms with E-state index in [0.717, 1.165) is 38.0 Å². The zero-order valence-corrected chi connectivity index (χ0v) is 16.0. The van der Waals surface area contributed by atoms with Gasteiger partial charge in [0.2, 0.25) is 0 Å². The molecule has 3 rings (SSSR count). The summed E-state index contributed by atoms with van der Waals surface area (Å²) in [6.45, 7) is 2.80. The average molecular weight is 394 g/mol. The van der Waals surface area contributed by atoms with Gasteiger partial charge in [-0.1, -0.05) is 23.2 Å². The van der Waals surface area contributed by atoms with Crippen molar-refractivity contribution in [2.24, 2.45) is 0 Å². The SMILES string of the molecule is CNC(=O)c1ccc(NC2CCN(Cc3cc(Cl)cc(Cl)c3)CC2)nn1. The zero-order valence-electron chi connectivity index (χ0n) is 14.5. The van der Waals surface area contributed by atoms with Crippen molar-refractivity contribution < 1.29 is 4.79 Å². The van der Waals surface area contributed by atoms with Crippen LogP contribution in [-0.2, 0) is 6.54 Å². The number of benzene rings is 1. The monoisotopic (exact) mass is 393 g/mol. The van der Waals surface area contributed by atoms with Crippen molar-refractivity contribution in [2.75, 3.05) is 25.5 Å². The predicted octanol–water partition coefficient (Wildman–Crippen LogP) is 3.22. The maximum atomic E-state index is 11.5. The van der Waals surface area contributed by atoms with Crippen LogP contribution in [0.5, 0.6) is 0 Å². The molecule has 8 heteroatoms. The standard InChI is InChI=1S/C18H21Cl2N5O/c1-21-18(26)16-2-3-17(24-23-16)22-15-4-6-25(7-5-15)11-12-8-13(19)10-14(20)9-12/h2-3,8-10,15H,4-7,11H2,1H3,(H,21,26)(H,22,24). The number of nitrogens with zero attached hydrogens (tertiary/aromatic N) is 3. The summed E-state index contributed by atoms with van der Waals surface area (Å²) in [6, 6.07) is 9.47. The van der Waals surface area contributed by atoms with Gasteiger partial charge in [-0.25, -0.2) is 0 Å². The molecule has 6 nitrogen and oxygen atoms in total. The van der Waals surface area contributed by atoms with Gasteiger partial charge < -0.3 is 10.6 Å². The molecule has 0 atom stereocenters. The van der Waals surface area contributed by atoms with Gasteiger partial charge in [-0.3, -0.25) is 9.69 Å². The number of nitrogens with one attached hydrogen (secondary N) is 2. The molecule has 2 N–H and O–H groups in total. The number of hydrogen-bond acceptors (Lipinski definition) is 5. The van der Waals surface area contributed by atoms with Crippen LogP contribution in [0.15, 0.2) is 30.3 Å². The van der Waals surface area contributed by atoms with Gasteiger partial charge in [0.1, 0.15) is 5.82 Å². The van der Waals surface area contributed by atoms with E-state index in [-0.39, 0.29) is 5.91 Å². The summed E-state index contributed by atoms with van der Waals surface area (Å²) in [5.41, 5.74) is 1.44. The number of piperidine rings is 1. The Morgan fingerprint density at radius 2 is 1.85 bits per heavy atom. The molecule has 0 aliphatic carbocycles. The fourth-order valence-corrected chi connectivity index (χ4v) is 3.63. The predicted molar refractivity (Wildman–Crippen MR) is 104 cm³/mol. The summed E-state index contributed by atoms with van der Waals surface area (Å²) in [6.07, 6.45) is 2.01. The molecular weight excluding hydrogens is 373 g/mol. The summed E-state index contributed by atoms with van der Waals surface area (Å²) >= 11 is 12.1. The highest BCUT2D eigenvalue weighted by Gasteiger charge is 2.20. The minimum Gasteiger partial charge on any atom is -0.366 e. The third-order valence-electron chi connectivity index (χ3n) is 4.39. The minimum absolute atomic E-state index is 0.238. The van der Waals surface area contributed by atoms with Crippen molar-refractivity contribution in [3.63, 3.8) is 0 Å². The molecule has 1 aromatic carbocycles. The molecule has 1 fully saturated rings. The van der Waals surface area contributed by atoms with E-state index in [9.17, 15) is 4.79 Å². The Morgan fingerprint density at radius 3 is 2.42 bits per heavy atom. The van der Waals surface area contributed by atoms with Gasteiger partial charge in [0.15, 0.2) is 5.69 Å². The van der Waals surface area contributed by atoms with Crippen LogP contribution in [0.3, 0.4) is 0 Å². The van der Waals surface area contributed by atoms with E-state index in [4.69, 9.17) is 23.2 Å². The average Bonchev–Trinajstić information content (AvgIpc) is 2.62. The van der Waals surface area contributed by atoms with Crippen LogP contribution in [0.2, 0.25) is 10.0 Å². The zero-order chi connectivity index (χ0) is 18.5. The molecule has 1 aliphatic heterocycles. The lowest BCUT2D eigenvalue weighted by Gasteiger charge is -2.32. The molecule has 0 saturated carbocycles. The van der Waals surface area contributed by atoms with Crippen LogP contribution in [0, 0.1) is 0 Å². The van der Waals surface area contributed by atoms with Crippen LogP contribution >= 0.6 is 23.2 Å². The van der Waals surface area contributed by atoms with Crippen molar-refractivity contribution in [1.29, 1.82) is 0 Å². The summed E-state index contributed by atoms with van der Waals surface area (Å²) in [4.78, 5) is 13.9. The number of carbonyl (C=O) groups excluding carboxylic acids is 1. The normalized spacial score (nSPS) is 15.7. The van der Waals surface area contributed by atoms with Gasteiger partial charge in [-0.2, -0.15) is 0 Å². The molecule has 1 aromatic heterocycles. The molecule has 0 unspecified atom stereocenters. The van der Waals surface area contributed by atoms with Crippen LogP contribution in [0.1, 0.15) is 28.9 Å². The second-order valence-electron chi connectivity index (χ2n) is 6.36. The summed E-state index contributed by atoms with van der Waals surface area (Å²) in [7, 11) is 1.57. The van der Waals surface area contributed by atoms with Gasteiger partial charge in [-0.15, -0.1) is 10.2 Å². The first-order valence-corrected chi connectivity index (χ1v) is 9.29. The summed E-state index contributed by atoms with van der Waals surface area (Å²) in [5.74, 6) is 0.455. The van der Waals surface area contributed by atoms with Crippen molar-refractivity contribution in [3.8, 4) is 0 Å². The van der Waals surface area contributed by atoms with Gasteiger partial charge in [0.05, 0.1) is 0 Å². The van der Waals surface area contributed by atoms with Crippen LogP contribution in [0.4, 0.5) is 5.82 Å². The minimum atomic E-state index is -0.238. The lowest BCUT2D eigenvalue weighted by Crippen LogP contribution is -2.38. The number of likely N-dealkylation sites (tertiary alicyclic amines) is 1. The number of anilines is 1. The van der Waals surface area contributed by atoms with E-state index in [1.54, 1.807) is 25.2 Å². The molecule has 1 amide bonds. The largest absolute Gasteiger partial charge is 0.366 e. The molecule has 0 spiro atoms. The Bertz CT molecular complexity index is 740. The maximum Gasteiger partial charge on any atom is 0.271 e. The van der Waals surface area contributed by atoms with E-state index in [0.29, 0.717) is 27.6 Å². The first-order chi connectivity index (χ1) is 12.5. The first-order valence-electron chi connectivity index (χ1n) is 8.53. The third kappa shape index (κ3) is 5.06. The molecule has 138 valence electrons. The molecule has 0 radical (unpaired) electrons. The van der Waals surface area contributed by atoms with E-state index in [1.165, 1.54) is 0 Å². The highest BCUT2D eigenvalue weighted by atomic mass is 35.5. The molecular formula is C18H21Cl2N5O. The summed E-state index contributed by atoms with van der Waals surface area (Å²) < 4.78 is 0. The lowest BCUT2D eigenvalue weighted by atomic mass is 10.0. The van der Waals surface area contributed by atoms with Crippen LogP contribution in [-0.4, -0.2) is 47.2 Å². The first kappa shape index (κ1) is 18.9. The van der Waals surface area contributed by atoms with Gasteiger partial charge in [0.25, 0.3) is 5.91 Å². The Balaban J connectivity index is 1.50. The molecule has 2 aromatic rings. The molecule has 0 bridgehead atoms. The smallest absolute Gasteiger partial charge is 0.271 e. The van der Waals surface area contributed by atoms with Gasteiger partial charge in [-0.05, 0) is 48.7 Å². The fourth-order valence-electron chi connectivity index (χ4n) is 3.06. The highest BCUT2D eigenvalue weighted by molar-refractivity contribution is 6.34. The number of carbonyl (C=O) groups is 1.